The van der Waals surface area contributed by atoms with Crippen LogP contribution in [0.4, 0.5) is 0 Å². The Morgan fingerprint density at radius 1 is 1.19 bits per heavy atom. The first-order valence-electron chi connectivity index (χ1n) is 7.40. The fourth-order valence-corrected chi connectivity index (χ4v) is 3.56. The zero-order valence-electron chi connectivity index (χ0n) is 11.9. The van der Waals surface area contributed by atoms with Gasteiger partial charge in [-0.1, -0.05) is 24.3 Å². The summed E-state index contributed by atoms with van der Waals surface area (Å²) >= 11 is 0. The van der Waals surface area contributed by atoms with E-state index in [0.717, 1.165) is 32.3 Å². The minimum atomic E-state index is -3.34. The highest BCUT2D eigenvalue weighted by Crippen LogP contribution is 2.37. The molecule has 1 aromatic carbocycles. The number of hydrogen-bond acceptors (Lipinski definition) is 4. The topological polar surface area (TPSA) is 52.6 Å². The highest BCUT2D eigenvalue weighted by atomic mass is 32.2. The van der Waals surface area contributed by atoms with Gasteiger partial charge >= 0.3 is 0 Å². The molecule has 2 fully saturated rings. The summed E-state index contributed by atoms with van der Waals surface area (Å²) in [6.07, 6.45) is 5.80. The summed E-state index contributed by atoms with van der Waals surface area (Å²) in [6, 6.07) is 8.47. The summed E-state index contributed by atoms with van der Waals surface area (Å²) in [6.45, 7) is 0.764. The van der Waals surface area contributed by atoms with Crippen molar-refractivity contribution in [1.82, 2.24) is 0 Å². The zero-order chi connectivity index (χ0) is 14.7. The number of ether oxygens (including phenoxy) is 2. The number of hydrogen-bond donors (Lipinski definition) is 0. The van der Waals surface area contributed by atoms with Crippen LogP contribution in [-0.4, -0.2) is 27.4 Å². The van der Waals surface area contributed by atoms with Crippen molar-refractivity contribution in [2.24, 2.45) is 5.92 Å². The fourth-order valence-electron chi connectivity index (χ4n) is 2.46. The van der Waals surface area contributed by atoms with Gasteiger partial charge in [-0.05, 0) is 37.8 Å². The lowest BCUT2D eigenvalue weighted by Gasteiger charge is -2.22. The number of rotatable bonds is 5. The molecule has 21 heavy (non-hydrogen) atoms. The smallest absolute Gasteiger partial charge is 0.199 e. The lowest BCUT2D eigenvalue weighted by molar-refractivity contribution is -0.170. The minimum Gasteiger partial charge on any atom is -0.353 e. The predicted molar refractivity (Wildman–Crippen MR) is 79.3 cm³/mol. The van der Waals surface area contributed by atoms with E-state index in [-0.39, 0.29) is 18.3 Å². The van der Waals surface area contributed by atoms with E-state index in [2.05, 4.69) is 0 Å². The molecule has 0 bridgehead atoms. The lowest BCUT2D eigenvalue weighted by atomic mass is 10.2. The maximum atomic E-state index is 12.1. The van der Waals surface area contributed by atoms with Gasteiger partial charge < -0.3 is 9.47 Å². The van der Waals surface area contributed by atoms with E-state index in [1.165, 1.54) is 5.41 Å². The Labute approximate surface area is 125 Å². The summed E-state index contributed by atoms with van der Waals surface area (Å²) in [7, 11) is -3.34. The highest BCUT2D eigenvalue weighted by molar-refractivity contribution is 7.94. The molecule has 0 radical (unpaired) electrons. The summed E-state index contributed by atoms with van der Waals surface area (Å²) in [5.74, 6) is 0.189. The third kappa shape index (κ3) is 3.93. The molecule has 3 atom stereocenters. The fraction of sp³-hybridized carbons (Fsp3) is 0.500. The normalized spacial score (nSPS) is 29.6. The quantitative estimate of drug-likeness (QED) is 0.839. The second-order valence-corrected chi connectivity index (χ2v) is 7.39. The van der Waals surface area contributed by atoms with Gasteiger partial charge in [0, 0.05) is 17.9 Å². The molecule has 1 aromatic rings. The van der Waals surface area contributed by atoms with E-state index < -0.39 is 9.84 Å². The molecule has 0 amide bonds. The summed E-state index contributed by atoms with van der Waals surface area (Å²) < 4.78 is 35.6. The maximum Gasteiger partial charge on any atom is 0.199 e. The van der Waals surface area contributed by atoms with Crippen molar-refractivity contribution in [2.45, 2.75) is 43.0 Å². The highest BCUT2D eigenvalue weighted by Gasteiger charge is 2.38. The first-order chi connectivity index (χ1) is 10.1. The molecular formula is C16H20O4S. The Bertz CT molecular complexity index is 588. The molecule has 1 saturated heterocycles. The van der Waals surface area contributed by atoms with Gasteiger partial charge in [0.15, 0.2) is 16.1 Å². The van der Waals surface area contributed by atoms with E-state index >= 15 is 0 Å². The van der Waals surface area contributed by atoms with Gasteiger partial charge in [-0.25, -0.2) is 8.42 Å². The molecule has 2 aliphatic rings. The van der Waals surface area contributed by atoms with Crippen molar-refractivity contribution in [3.8, 4) is 0 Å². The molecule has 1 heterocycles. The van der Waals surface area contributed by atoms with Crippen LogP contribution >= 0.6 is 0 Å². The molecule has 0 spiro atoms. The van der Waals surface area contributed by atoms with Gasteiger partial charge in [0.1, 0.15) is 0 Å². The Balaban J connectivity index is 1.53. The van der Waals surface area contributed by atoms with E-state index in [0.29, 0.717) is 4.90 Å². The second kappa shape index (κ2) is 6.30. The van der Waals surface area contributed by atoms with E-state index in [9.17, 15) is 8.42 Å². The Kier molecular flexibility index (Phi) is 4.42. The van der Waals surface area contributed by atoms with Crippen LogP contribution in [0.5, 0.6) is 0 Å². The molecule has 1 aliphatic carbocycles. The van der Waals surface area contributed by atoms with Gasteiger partial charge in [0.05, 0.1) is 11.0 Å². The second-order valence-electron chi connectivity index (χ2n) is 5.56. The van der Waals surface area contributed by atoms with Gasteiger partial charge in [0.25, 0.3) is 0 Å². The van der Waals surface area contributed by atoms with Gasteiger partial charge in [-0.15, -0.1) is 0 Å². The summed E-state index contributed by atoms with van der Waals surface area (Å²) in [5.41, 5.74) is 0. The van der Waals surface area contributed by atoms with Crippen LogP contribution in [0.2, 0.25) is 0 Å². The van der Waals surface area contributed by atoms with Gasteiger partial charge in [0.2, 0.25) is 0 Å². The van der Waals surface area contributed by atoms with Crippen molar-refractivity contribution in [3.05, 3.63) is 41.8 Å². The molecule has 3 rings (SSSR count). The van der Waals surface area contributed by atoms with Crippen LogP contribution in [0.25, 0.3) is 0 Å². The Morgan fingerprint density at radius 3 is 2.71 bits per heavy atom. The van der Waals surface area contributed by atoms with E-state index in [1.54, 1.807) is 36.4 Å². The summed E-state index contributed by atoms with van der Waals surface area (Å²) in [4.78, 5) is 0.329. The van der Waals surface area contributed by atoms with Crippen LogP contribution in [-0.2, 0) is 19.3 Å². The van der Waals surface area contributed by atoms with Gasteiger partial charge in [-0.3, -0.25) is 0 Å². The Hall–Kier alpha value is -1.17. The summed E-state index contributed by atoms with van der Waals surface area (Å²) in [5, 5.41) is 1.30. The molecule has 5 heteroatoms. The number of sulfone groups is 1. The van der Waals surface area contributed by atoms with Crippen molar-refractivity contribution < 1.29 is 17.9 Å². The average molecular weight is 308 g/mol. The van der Waals surface area contributed by atoms with E-state index in [1.807, 2.05) is 0 Å². The average Bonchev–Trinajstić information content (AvgIpc) is 3.25. The minimum absolute atomic E-state index is 0.104. The first kappa shape index (κ1) is 14.8. The molecular weight excluding hydrogens is 288 g/mol. The van der Waals surface area contributed by atoms with Crippen molar-refractivity contribution in [2.75, 3.05) is 6.61 Å². The Morgan fingerprint density at radius 2 is 2.00 bits per heavy atom. The van der Waals surface area contributed by atoms with Crippen LogP contribution in [0.3, 0.4) is 0 Å². The molecule has 1 saturated carbocycles. The molecule has 4 nitrogen and oxygen atoms in total. The molecule has 0 N–H and O–H groups in total. The van der Waals surface area contributed by atoms with Crippen molar-refractivity contribution in [1.29, 1.82) is 0 Å². The zero-order valence-corrected chi connectivity index (χ0v) is 12.7. The third-order valence-electron chi connectivity index (χ3n) is 3.82. The largest absolute Gasteiger partial charge is 0.353 e. The van der Waals surface area contributed by atoms with Gasteiger partial charge in [-0.2, -0.15) is 0 Å². The predicted octanol–water partition coefficient (Wildman–Crippen LogP) is 2.91. The van der Waals surface area contributed by atoms with Crippen LogP contribution in [0.1, 0.15) is 25.7 Å². The number of benzene rings is 1. The monoisotopic (exact) mass is 308 g/mol. The molecule has 1 aliphatic heterocycles. The van der Waals surface area contributed by atoms with Crippen LogP contribution in [0.15, 0.2) is 46.7 Å². The molecule has 0 aromatic heterocycles. The van der Waals surface area contributed by atoms with Crippen LogP contribution < -0.4 is 0 Å². The molecule has 1 unspecified atom stereocenters. The van der Waals surface area contributed by atoms with Crippen molar-refractivity contribution in [3.63, 3.8) is 0 Å². The third-order valence-corrected chi connectivity index (χ3v) is 5.26. The first-order valence-corrected chi connectivity index (χ1v) is 8.95. The standard InChI is InChI=1S/C16H20O4S/c17-21(18,14-6-2-1-3-7-14)11-9-13-12-15(13)20-16-8-4-5-10-19-16/h1-3,6-7,9,11,13,15-16H,4-5,8,10,12H2/b11-9+/t13-,15-,16?/m1/s1. The van der Waals surface area contributed by atoms with E-state index in [4.69, 9.17) is 9.47 Å². The maximum absolute atomic E-state index is 12.1. The SMILES string of the molecule is O=S(=O)(/C=C/[C@@H]1C[C@H]1OC1CCCCO1)c1ccccc1. The van der Waals surface area contributed by atoms with Crippen molar-refractivity contribution >= 4 is 9.84 Å². The molecule has 114 valence electrons. The lowest BCUT2D eigenvalue weighted by Crippen LogP contribution is -2.23. The van der Waals surface area contributed by atoms with Crippen LogP contribution in [0, 0.1) is 5.92 Å².